The number of rotatable bonds is 4. The molecule has 0 bridgehead atoms. The van der Waals surface area contributed by atoms with E-state index in [1.54, 1.807) is 30.3 Å². The van der Waals surface area contributed by atoms with Gasteiger partial charge in [0.2, 0.25) is 5.91 Å². The van der Waals surface area contributed by atoms with E-state index in [1.165, 1.54) is 19.2 Å². The van der Waals surface area contributed by atoms with E-state index in [9.17, 15) is 9.59 Å². The number of primary amides is 1. The highest BCUT2D eigenvalue weighted by Gasteiger charge is 2.10. The molecule has 2 rings (SSSR count). The molecule has 0 spiro atoms. The fourth-order valence-corrected chi connectivity index (χ4v) is 1.86. The highest BCUT2D eigenvalue weighted by atomic mass is 16.5. The molecule has 0 aliphatic carbocycles. The maximum absolute atomic E-state index is 11.2. The monoisotopic (exact) mass is 271 g/mol. The van der Waals surface area contributed by atoms with Gasteiger partial charge < -0.3 is 15.6 Å². The van der Waals surface area contributed by atoms with Gasteiger partial charge in [0.1, 0.15) is 5.75 Å². The molecule has 3 N–H and O–H groups in total. The summed E-state index contributed by atoms with van der Waals surface area (Å²) in [5, 5.41) is 9.09. The summed E-state index contributed by atoms with van der Waals surface area (Å²) in [6, 6.07) is 11.3. The Kier molecular flexibility index (Phi) is 3.70. The number of carboxylic acid groups (broad SMARTS) is 1. The Morgan fingerprint density at radius 1 is 1.05 bits per heavy atom. The van der Waals surface area contributed by atoms with Gasteiger partial charge in [-0.05, 0) is 41.5 Å². The number of carbonyl (C=O) groups is 2. The van der Waals surface area contributed by atoms with E-state index in [4.69, 9.17) is 15.6 Å². The normalized spacial score (nSPS) is 10.1. The molecule has 1 amide bonds. The number of hydrogen-bond acceptors (Lipinski definition) is 3. The first-order chi connectivity index (χ1) is 9.51. The maximum Gasteiger partial charge on any atom is 0.335 e. The van der Waals surface area contributed by atoms with Gasteiger partial charge >= 0.3 is 5.97 Å². The average molecular weight is 271 g/mol. The van der Waals surface area contributed by atoms with Gasteiger partial charge in [-0.15, -0.1) is 0 Å². The lowest BCUT2D eigenvalue weighted by Gasteiger charge is -2.08. The molecule has 0 aliphatic rings. The fourth-order valence-electron chi connectivity index (χ4n) is 1.86. The number of aromatic carboxylic acids is 1. The molecule has 0 radical (unpaired) electrons. The van der Waals surface area contributed by atoms with E-state index in [0.29, 0.717) is 22.4 Å². The number of ether oxygens (including phenoxy) is 1. The first kappa shape index (κ1) is 13.6. The number of amides is 1. The second-order valence-corrected chi connectivity index (χ2v) is 4.20. The average Bonchev–Trinajstić information content (AvgIpc) is 2.46. The summed E-state index contributed by atoms with van der Waals surface area (Å²) < 4.78 is 5.09. The summed E-state index contributed by atoms with van der Waals surface area (Å²) in [5.41, 5.74) is 7.06. The topological polar surface area (TPSA) is 89.6 Å². The quantitative estimate of drug-likeness (QED) is 0.891. The Morgan fingerprint density at radius 3 is 2.35 bits per heavy atom. The molecule has 0 aliphatic heterocycles. The molecule has 0 aromatic heterocycles. The van der Waals surface area contributed by atoms with Crippen LogP contribution in [-0.2, 0) is 0 Å². The molecule has 0 heterocycles. The lowest BCUT2D eigenvalue weighted by Crippen LogP contribution is -2.10. The van der Waals surface area contributed by atoms with Crippen molar-refractivity contribution in [3.63, 3.8) is 0 Å². The van der Waals surface area contributed by atoms with Gasteiger partial charge in [-0.1, -0.05) is 12.1 Å². The largest absolute Gasteiger partial charge is 0.497 e. The van der Waals surface area contributed by atoms with Crippen LogP contribution < -0.4 is 10.5 Å². The van der Waals surface area contributed by atoms with Crippen molar-refractivity contribution in [3.05, 3.63) is 53.6 Å². The number of benzene rings is 2. The SMILES string of the molecule is COc1cc(C(=O)O)cc(-c2cccc(C(N)=O)c2)c1. The van der Waals surface area contributed by atoms with Crippen molar-refractivity contribution in [2.24, 2.45) is 5.73 Å². The van der Waals surface area contributed by atoms with Gasteiger partial charge in [0.25, 0.3) is 0 Å². The molecule has 5 heteroatoms. The molecule has 5 nitrogen and oxygen atoms in total. The zero-order valence-electron chi connectivity index (χ0n) is 10.8. The van der Waals surface area contributed by atoms with Gasteiger partial charge in [0.05, 0.1) is 12.7 Å². The van der Waals surface area contributed by atoms with Crippen LogP contribution in [0, 0.1) is 0 Å². The zero-order valence-corrected chi connectivity index (χ0v) is 10.8. The van der Waals surface area contributed by atoms with Crippen LogP contribution in [0.5, 0.6) is 5.75 Å². The number of carboxylic acids is 1. The Labute approximate surface area is 115 Å². The van der Waals surface area contributed by atoms with Gasteiger partial charge in [-0.3, -0.25) is 4.79 Å². The summed E-state index contributed by atoms with van der Waals surface area (Å²) in [5.74, 6) is -1.14. The molecule has 0 fully saturated rings. The Bertz CT molecular complexity index is 679. The highest BCUT2D eigenvalue weighted by Crippen LogP contribution is 2.26. The van der Waals surface area contributed by atoms with Gasteiger partial charge in [0.15, 0.2) is 0 Å². The second kappa shape index (κ2) is 5.44. The highest BCUT2D eigenvalue weighted by molar-refractivity contribution is 5.95. The van der Waals surface area contributed by atoms with Gasteiger partial charge in [-0.25, -0.2) is 4.79 Å². The first-order valence-corrected chi connectivity index (χ1v) is 5.84. The van der Waals surface area contributed by atoms with Crippen molar-refractivity contribution < 1.29 is 19.4 Å². The minimum atomic E-state index is -1.05. The number of carbonyl (C=O) groups excluding carboxylic acids is 1. The van der Waals surface area contributed by atoms with E-state index in [2.05, 4.69) is 0 Å². The van der Waals surface area contributed by atoms with Crippen LogP contribution in [0.25, 0.3) is 11.1 Å². The fraction of sp³-hybridized carbons (Fsp3) is 0.0667. The third-order valence-electron chi connectivity index (χ3n) is 2.87. The standard InChI is InChI=1S/C15H13NO4/c1-20-13-7-11(6-12(8-13)15(18)19)9-3-2-4-10(5-9)14(16)17/h2-8H,1H3,(H2,16,17)(H,18,19). The van der Waals surface area contributed by atoms with Crippen molar-refractivity contribution in [2.45, 2.75) is 0 Å². The zero-order chi connectivity index (χ0) is 14.7. The van der Waals surface area contributed by atoms with Crippen LogP contribution in [0.15, 0.2) is 42.5 Å². The molecular formula is C15H13NO4. The summed E-state index contributed by atoms with van der Waals surface area (Å²) in [4.78, 5) is 22.3. The molecular weight excluding hydrogens is 258 g/mol. The van der Waals surface area contributed by atoms with Crippen LogP contribution in [0.3, 0.4) is 0 Å². The third-order valence-corrected chi connectivity index (χ3v) is 2.87. The summed E-state index contributed by atoms with van der Waals surface area (Å²) >= 11 is 0. The van der Waals surface area contributed by atoms with Crippen molar-refractivity contribution in [1.29, 1.82) is 0 Å². The van der Waals surface area contributed by atoms with Crippen molar-refractivity contribution in [2.75, 3.05) is 7.11 Å². The maximum atomic E-state index is 11.2. The van der Waals surface area contributed by atoms with E-state index in [0.717, 1.165) is 0 Å². The predicted molar refractivity (Wildman–Crippen MR) is 73.9 cm³/mol. The molecule has 0 atom stereocenters. The molecule has 0 saturated carbocycles. The molecule has 102 valence electrons. The third kappa shape index (κ3) is 2.77. The number of nitrogens with two attached hydrogens (primary N) is 1. The van der Waals surface area contributed by atoms with E-state index < -0.39 is 11.9 Å². The van der Waals surface area contributed by atoms with Crippen molar-refractivity contribution >= 4 is 11.9 Å². The van der Waals surface area contributed by atoms with Crippen LogP contribution in [0.2, 0.25) is 0 Å². The van der Waals surface area contributed by atoms with E-state index in [1.807, 2.05) is 0 Å². The lowest BCUT2D eigenvalue weighted by atomic mass is 10.0. The summed E-state index contributed by atoms with van der Waals surface area (Å²) in [6.45, 7) is 0. The van der Waals surface area contributed by atoms with Crippen molar-refractivity contribution in [3.8, 4) is 16.9 Å². The lowest BCUT2D eigenvalue weighted by molar-refractivity contribution is 0.0696. The second-order valence-electron chi connectivity index (χ2n) is 4.20. The van der Waals surface area contributed by atoms with Crippen LogP contribution in [0.4, 0.5) is 0 Å². The number of hydrogen-bond donors (Lipinski definition) is 2. The minimum absolute atomic E-state index is 0.115. The van der Waals surface area contributed by atoms with Crippen LogP contribution >= 0.6 is 0 Å². The van der Waals surface area contributed by atoms with Gasteiger partial charge in [-0.2, -0.15) is 0 Å². The molecule has 0 unspecified atom stereocenters. The first-order valence-electron chi connectivity index (χ1n) is 5.84. The molecule has 0 saturated heterocycles. The van der Waals surface area contributed by atoms with Crippen LogP contribution in [-0.4, -0.2) is 24.1 Å². The van der Waals surface area contributed by atoms with Crippen LogP contribution in [0.1, 0.15) is 20.7 Å². The minimum Gasteiger partial charge on any atom is -0.497 e. The van der Waals surface area contributed by atoms with Crippen molar-refractivity contribution in [1.82, 2.24) is 0 Å². The number of methoxy groups -OCH3 is 1. The van der Waals surface area contributed by atoms with E-state index in [-0.39, 0.29) is 5.56 Å². The Balaban J connectivity index is 2.56. The molecule has 2 aromatic carbocycles. The Morgan fingerprint density at radius 2 is 1.75 bits per heavy atom. The molecule has 20 heavy (non-hydrogen) atoms. The Hall–Kier alpha value is -2.82. The molecule has 2 aromatic rings. The van der Waals surface area contributed by atoms with E-state index >= 15 is 0 Å². The van der Waals surface area contributed by atoms with Gasteiger partial charge in [0, 0.05) is 5.56 Å². The predicted octanol–water partition coefficient (Wildman–Crippen LogP) is 2.16. The summed E-state index contributed by atoms with van der Waals surface area (Å²) in [6.07, 6.45) is 0. The summed E-state index contributed by atoms with van der Waals surface area (Å²) in [7, 11) is 1.46. The smallest absolute Gasteiger partial charge is 0.335 e.